The second-order valence-electron chi connectivity index (χ2n) is 4.83. The van der Waals surface area contributed by atoms with Gasteiger partial charge in [-0.25, -0.2) is 0 Å². The third kappa shape index (κ3) is 3.22. The molecule has 4 nitrogen and oxygen atoms in total. The topological polar surface area (TPSA) is 50.1 Å². The molecule has 1 aromatic heterocycles. The van der Waals surface area contributed by atoms with Gasteiger partial charge < -0.3 is 10.4 Å². The Kier molecular flexibility index (Phi) is 4.35. The maximum atomic E-state index is 10.1. The molecule has 2 N–H and O–H groups in total. The Morgan fingerprint density at radius 1 is 1.26 bits per heavy atom. The summed E-state index contributed by atoms with van der Waals surface area (Å²) in [7, 11) is 1.95. The molecule has 1 heterocycles. The van der Waals surface area contributed by atoms with Gasteiger partial charge in [-0.1, -0.05) is 30.3 Å². The SMILES string of the molecule is Cc1nn(C)c(C)c1CNCC(O)c1ccccc1. The minimum Gasteiger partial charge on any atom is -0.387 e. The van der Waals surface area contributed by atoms with Gasteiger partial charge in [0.2, 0.25) is 0 Å². The number of hydrogen-bond acceptors (Lipinski definition) is 3. The van der Waals surface area contributed by atoms with Crippen LogP contribution in [0.3, 0.4) is 0 Å². The first kappa shape index (κ1) is 13.8. The van der Waals surface area contributed by atoms with E-state index < -0.39 is 6.10 Å². The lowest BCUT2D eigenvalue weighted by molar-refractivity contribution is 0.174. The Morgan fingerprint density at radius 3 is 2.53 bits per heavy atom. The normalized spacial score (nSPS) is 12.6. The smallest absolute Gasteiger partial charge is 0.0914 e. The molecule has 2 aromatic rings. The Bertz CT molecular complexity index is 534. The fourth-order valence-electron chi connectivity index (χ4n) is 2.20. The highest BCUT2D eigenvalue weighted by atomic mass is 16.3. The van der Waals surface area contributed by atoms with Gasteiger partial charge in [-0.2, -0.15) is 5.10 Å². The summed E-state index contributed by atoms with van der Waals surface area (Å²) >= 11 is 0. The van der Waals surface area contributed by atoms with Crippen LogP contribution in [0.5, 0.6) is 0 Å². The Labute approximate surface area is 114 Å². The molecule has 1 atom stereocenters. The van der Waals surface area contributed by atoms with Crippen LogP contribution in [-0.4, -0.2) is 21.4 Å². The summed E-state index contributed by atoms with van der Waals surface area (Å²) in [5.41, 5.74) is 4.36. The van der Waals surface area contributed by atoms with E-state index in [-0.39, 0.29) is 0 Å². The van der Waals surface area contributed by atoms with Gasteiger partial charge in [0, 0.05) is 31.4 Å². The highest BCUT2D eigenvalue weighted by Crippen LogP contribution is 2.13. The maximum absolute atomic E-state index is 10.1. The van der Waals surface area contributed by atoms with Gasteiger partial charge in [0.1, 0.15) is 0 Å². The number of aryl methyl sites for hydroxylation is 2. The predicted octanol–water partition coefficient (Wildman–Crippen LogP) is 1.86. The van der Waals surface area contributed by atoms with E-state index in [4.69, 9.17) is 0 Å². The van der Waals surface area contributed by atoms with Crippen LogP contribution in [0.25, 0.3) is 0 Å². The van der Waals surface area contributed by atoms with Crippen LogP contribution < -0.4 is 5.32 Å². The summed E-state index contributed by atoms with van der Waals surface area (Å²) in [4.78, 5) is 0. The zero-order chi connectivity index (χ0) is 13.8. The molecule has 0 bridgehead atoms. The van der Waals surface area contributed by atoms with Crippen molar-refractivity contribution in [2.45, 2.75) is 26.5 Å². The molecule has 0 saturated heterocycles. The average molecular weight is 259 g/mol. The molecule has 0 aliphatic carbocycles. The van der Waals surface area contributed by atoms with E-state index in [1.54, 1.807) is 0 Å². The van der Waals surface area contributed by atoms with Gasteiger partial charge in [0.15, 0.2) is 0 Å². The number of rotatable bonds is 5. The van der Waals surface area contributed by atoms with E-state index in [2.05, 4.69) is 17.3 Å². The standard InChI is InChI=1S/C15H21N3O/c1-11-14(12(2)18(3)17-11)9-16-10-15(19)13-7-5-4-6-8-13/h4-8,15-16,19H,9-10H2,1-3H3. The fourth-order valence-corrected chi connectivity index (χ4v) is 2.20. The first-order valence-electron chi connectivity index (χ1n) is 6.52. The molecular formula is C15H21N3O. The summed E-state index contributed by atoms with van der Waals surface area (Å²) in [6.07, 6.45) is -0.474. The first-order valence-corrected chi connectivity index (χ1v) is 6.52. The lowest BCUT2D eigenvalue weighted by Crippen LogP contribution is -2.21. The number of benzene rings is 1. The highest BCUT2D eigenvalue weighted by Gasteiger charge is 2.10. The summed E-state index contributed by atoms with van der Waals surface area (Å²) in [5, 5.41) is 17.7. The molecule has 2 rings (SSSR count). The Hall–Kier alpha value is -1.65. The van der Waals surface area contributed by atoms with Crippen molar-refractivity contribution in [3.8, 4) is 0 Å². The van der Waals surface area contributed by atoms with E-state index in [1.165, 1.54) is 11.3 Å². The minimum absolute atomic E-state index is 0.474. The maximum Gasteiger partial charge on any atom is 0.0914 e. The van der Waals surface area contributed by atoms with Crippen molar-refractivity contribution in [3.05, 3.63) is 52.8 Å². The summed E-state index contributed by atoms with van der Waals surface area (Å²) in [6.45, 7) is 5.34. The van der Waals surface area contributed by atoms with Crippen LogP contribution in [-0.2, 0) is 13.6 Å². The van der Waals surface area contributed by atoms with Gasteiger partial charge in [-0.3, -0.25) is 4.68 Å². The summed E-state index contributed by atoms with van der Waals surface area (Å²) in [6, 6.07) is 9.70. The molecule has 0 aliphatic rings. The number of nitrogens with one attached hydrogen (secondary N) is 1. The third-order valence-electron chi connectivity index (χ3n) is 3.48. The number of nitrogens with zero attached hydrogens (tertiary/aromatic N) is 2. The monoisotopic (exact) mass is 259 g/mol. The quantitative estimate of drug-likeness (QED) is 0.861. The largest absolute Gasteiger partial charge is 0.387 e. The molecule has 1 aromatic carbocycles. The van der Waals surface area contributed by atoms with Gasteiger partial charge in [-0.05, 0) is 19.4 Å². The highest BCUT2D eigenvalue weighted by molar-refractivity contribution is 5.24. The van der Waals surface area contributed by atoms with Crippen molar-refractivity contribution < 1.29 is 5.11 Å². The van der Waals surface area contributed by atoms with E-state index in [0.717, 1.165) is 17.8 Å². The van der Waals surface area contributed by atoms with E-state index in [0.29, 0.717) is 6.54 Å². The zero-order valence-electron chi connectivity index (χ0n) is 11.7. The third-order valence-corrected chi connectivity index (χ3v) is 3.48. The molecule has 4 heteroatoms. The number of aliphatic hydroxyl groups excluding tert-OH is 1. The van der Waals surface area contributed by atoms with Crippen molar-refractivity contribution in [1.82, 2.24) is 15.1 Å². The van der Waals surface area contributed by atoms with Crippen molar-refractivity contribution in [2.75, 3.05) is 6.54 Å². The first-order chi connectivity index (χ1) is 9.09. The fraction of sp³-hybridized carbons (Fsp3) is 0.400. The predicted molar refractivity (Wildman–Crippen MR) is 75.8 cm³/mol. The second kappa shape index (κ2) is 5.99. The Morgan fingerprint density at radius 2 is 1.95 bits per heavy atom. The molecule has 0 amide bonds. The average Bonchev–Trinajstić information content (AvgIpc) is 2.66. The van der Waals surface area contributed by atoms with Crippen LogP contribution >= 0.6 is 0 Å². The number of aromatic nitrogens is 2. The van der Waals surface area contributed by atoms with Gasteiger partial charge in [0.25, 0.3) is 0 Å². The van der Waals surface area contributed by atoms with Crippen LogP contribution in [0.1, 0.15) is 28.6 Å². The molecule has 0 spiro atoms. The Balaban J connectivity index is 1.90. The van der Waals surface area contributed by atoms with E-state index in [1.807, 2.05) is 49.0 Å². The van der Waals surface area contributed by atoms with E-state index >= 15 is 0 Å². The van der Waals surface area contributed by atoms with Crippen molar-refractivity contribution in [3.63, 3.8) is 0 Å². The van der Waals surface area contributed by atoms with Crippen LogP contribution in [0, 0.1) is 13.8 Å². The molecule has 0 saturated carbocycles. The summed E-state index contributed by atoms with van der Waals surface area (Å²) in [5.74, 6) is 0. The molecule has 19 heavy (non-hydrogen) atoms. The molecule has 0 radical (unpaired) electrons. The zero-order valence-corrected chi connectivity index (χ0v) is 11.7. The molecular weight excluding hydrogens is 238 g/mol. The van der Waals surface area contributed by atoms with Crippen molar-refractivity contribution in [2.24, 2.45) is 7.05 Å². The lowest BCUT2D eigenvalue weighted by Gasteiger charge is -2.12. The number of aliphatic hydroxyl groups is 1. The van der Waals surface area contributed by atoms with Crippen LogP contribution in [0.15, 0.2) is 30.3 Å². The van der Waals surface area contributed by atoms with E-state index in [9.17, 15) is 5.11 Å². The molecule has 102 valence electrons. The van der Waals surface area contributed by atoms with Crippen LogP contribution in [0.2, 0.25) is 0 Å². The molecule has 1 unspecified atom stereocenters. The van der Waals surface area contributed by atoms with Crippen LogP contribution in [0.4, 0.5) is 0 Å². The minimum atomic E-state index is -0.474. The lowest BCUT2D eigenvalue weighted by atomic mass is 10.1. The molecule has 0 aliphatic heterocycles. The van der Waals surface area contributed by atoms with Gasteiger partial charge in [-0.15, -0.1) is 0 Å². The number of hydrogen-bond donors (Lipinski definition) is 2. The van der Waals surface area contributed by atoms with Crippen molar-refractivity contribution in [1.29, 1.82) is 0 Å². The van der Waals surface area contributed by atoms with Gasteiger partial charge in [0.05, 0.1) is 11.8 Å². The summed E-state index contributed by atoms with van der Waals surface area (Å²) < 4.78 is 1.89. The van der Waals surface area contributed by atoms with Gasteiger partial charge >= 0.3 is 0 Å². The second-order valence-corrected chi connectivity index (χ2v) is 4.83. The van der Waals surface area contributed by atoms with Crippen molar-refractivity contribution >= 4 is 0 Å². The molecule has 0 fully saturated rings.